The zero-order valence-corrected chi connectivity index (χ0v) is 8.08. The second-order valence-electron chi connectivity index (χ2n) is 2.54. The Labute approximate surface area is 79.9 Å². The number of nitrogens with zero attached hydrogens (tertiary/aromatic N) is 2. The number of hydrogen-bond acceptors (Lipinski definition) is 5. The van der Waals surface area contributed by atoms with Crippen LogP contribution in [-0.4, -0.2) is 24.1 Å². The topological polar surface area (TPSA) is 133 Å². The number of primary sulfonamides is 1. The molecule has 0 saturated heterocycles. The third kappa shape index (κ3) is 1.89. The van der Waals surface area contributed by atoms with E-state index >= 15 is 0 Å². The van der Waals surface area contributed by atoms with E-state index in [1.807, 2.05) is 0 Å². The van der Waals surface area contributed by atoms with Crippen LogP contribution in [0.2, 0.25) is 0 Å². The van der Waals surface area contributed by atoms with Crippen LogP contribution in [0, 0.1) is 0 Å². The van der Waals surface area contributed by atoms with Gasteiger partial charge < -0.3 is 0 Å². The number of carbonyl (C=O) groups excluding carboxylic acids is 1. The van der Waals surface area contributed by atoms with E-state index in [2.05, 4.69) is 5.10 Å². The molecule has 5 N–H and O–H groups in total. The minimum absolute atomic E-state index is 0.183. The van der Waals surface area contributed by atoms with Gasteiger partial charge in [0.2, 0.25) is 5.03 Å². The summed E-state index contributed by atoms with van der Waals surface area (Å²) in [5, 5.41) is 7.88. The average Bonchev–Trinajstić information content (AvgIpc) is 2.45. The van der Waals surface area contributed by atoms with Gasteiger partial charge in [-0.1, -0.05) is 0 Å². The summed E-state index contributed by atoms with van der Waals surface area (Å²) < 4.78 is 23.1. The van der Waals surface area contributed by atoms with Crippen molar-refractivity contribution in [2.45, 2.75) is 5.03 Å². The number of hydrazine groups is 1. The van der Waals surface area contributed by atoms with Crippen LogP contribution >= 0.6 is 0 Å². The molecule has 0 radical (unpaired) electrons. The second kappa shape index (κ2) is 3.36. The van der Waals surface area contributed by atoms with E-state index in [1.165, 1.54) is 13.2 Å². The lowest BCUT2D eigenvalue weighted by Gasteiger charge is -1.97. The number of aryl methyl sites for hydroxylation is 1. The van der Waals surface area contributed by atoms with Gasteiger partial charge in [-0.15, -0.1) is 0 Å². The van der Waals surface area contributed by atoms with Crippen molar-refractivity contribution in [1.82, 2.24) is 15.2 Å². The molecule has 1 heterocycles. The van der Waals surface area contributed by atoms with Gasteiger partial charge in [-0.05, 0) is 0 Å². The zero-order chi connectivity index (χ0) is 10.9. The van der Waals surface area contributed by atoms with Crippen LogP contribution in [0.3, 0.4) is 0 Å². The fourth-order valence-electron chi connectivity index (χ4n) is 0.912. The van der Waals surface area contributed by atoms with Crippen LogP contribution in [0.25, 0.3) is 0 Å². The van der Waals surface area contributed by atoms with Crippen LogP contribution in [-0.2, 0) is 17.1 Å². The van der Waals surface area contributed by atoms with E-state index < -0.39 is 21.0 Å². The monoisotopic (exact) mass is 219 g/mol. The summed E-state index contributed by atoms with van der Waals surface area (Å²) in [6.07, 6.45) is 1.21. The molecule has 0 fully saturated rings. The molecule has 0 aliphatic carbocycles. The van der Waals surface area contributed by atoms with Gasteiger partial charge in [-0.2, -0.15) is 5.10 Å². The van der Waals surface area contributed by atoms with Crippen LogP contribution in [0.4, 0.5) is 0 Å². The molecular weight excluding hydrogens is 210 g/mol. The Bertz CT molecular complexity index is 462. The molecule has 8 nitrogen and oxygen atoms in total. The van der Waals surface area contributed by atoms with E-state index in [-0.39, 0.29) is 5.56 Å². The normalized spacial score (nSPS) is 11.4. The van der Waals surface area contributed by atoms with Crippen LogP contribution in [0.1, 0.15) is 10.4 Å². The Kier molecular flexibility index (Phi) is 2.55. The van der Waals surface area contributed by atoms with Crippen LogP contribution in [0.5, 0.6) is 0 Å². The molecule has 0 unspecified atom stereocenters. The molecule has 0 bridgehead atoms. The third-order valence-electron chi connectivity index (χ3n) is 1.44. The molecule has 0 aromatic carbocycles. The number of nitrogens with two attached hydrogens (primary N) is 2. The van der Waals surface area contributed by atoms with Gasteiger partial charge in [0.1, 0.15) is 0 Å². The van der Waals surface area contributed by atoms with E-state index in [0.717, 1.165) is 4.68 Å². The standard InChI is InChI=1S/C5H9N5O3S/c1-10-2-3(4(11)8-6)5(9-10)14(7,12)13/h2H,6H2,1H3,(H,8,11)(H2,7,12,13). The molecule has 1 aromatic rings. The Morgan fingerprint density at radius 2 is 2.21 bits per heavy atom. The number of carbonyl (C=O) groups is 1. The molecule has 1 rings (SSSR count). The van der Waals surface area contributed by atoms with E-state index in [9.17, 15) is 13.2 Å². The number of nitrogens with one attached hydrogen (secondary N) is 1. The highest BCUT2D eigenvalue weighted by Gasteiger charge is 2.22. The van der Waals surface area contributed by atoms with Crippen molar-refractivity contribution in [1.29, 1.82) is 0 Å². The summed E-state index contributed by atoms with van der Waals surface area (Å²) in [6.45, 7) is 0. The molecule has 0 aliphatic rings. The minimum atomic E-state index is -4.02. The zero-order valence-electron chi connectivity index (χ0n) is 7.26. The van der Waals surface area contributed by atoms with Gasteiger partial charge in [-0.25, -0.2) is 19.4 Å². The number of amides is 1. The third-order valence-corrected chi connectivity index (χ3v) is 2.28. The van der Waals surface area contributed by atoms with Crippen molar-refractivity contribution in [3.8, 4) is 0 Å². The van der Waals surface area contributed by atoms with Gasteiger partial charge in [0, 0.05) is 13.2 Å². The molecule has 1 aromatic heterocycles. The second-order valence-corrected chi connectivity index (χ2v) is 4.02. The largest absolute Gasteiger partial charge is 0.290 e. The maximum Gasteiger partial charge on any atom is 0.269 e. The van der Waals surface area contributed by atoms with Crippen molar-refractivity contribution < 1.29 is 13.2 Å². The quantitative estimate of drug-likeness (QED) is 0.291. The summed E-state index contributed by atoms with van der Waals surface area (Å²) in [5.74, 6) is 4.09. The van der Waals surface area contributed by atoms with Gasteiger partial charge >= 0.3 is 0 Å². The van der Waals surface area contributed by atoms with Crippen molar-refractivity contribution in [3.05, 3.63) is 11.8 Å². The highest BCUT2D eigenvalue weighted by Crippen LogP contribution is 2.10. The highest BCUT2D eigenvalue weighted by molar-refractivity contribution is 7.89. The van der Waals surface area contributed by atoms with Gasteiger partial charge in [0.25, 0.3) is 15.9 Å². The van der Waals surface area contributed by atoms with Gasteiger partial charge in [-0.3, -0.25) is 14.9 Å². The highest BCUT2D eigenvalue weighted by atomic mass is 32.2. The first-order chi connectivity index (χ1) is 6.36. The molecule has 1 amide bonds. The molecule has 14 heavy (non-hydrogen) atoms. The SMILES string of the molecule is Cn1cc(C(=O)NN)c(S(N)(=O)=O)n1. The van der Waals surface area contributed by atoms with Crippen LogP contribution in [0.15, 0.2) is 11.2 Å². The van der Waals surface area contributed by atoms with Gasteiger partial charge in [0.15, 0.2) is 0 Å². The maximum absolute atomic E-state index is 11.1. The molecule has 0 spiro atoms. The first kappa shape index (κ1) is 10.6. The summed E-state index contributed by atoms with van der Waals surface area (Å²) in [6, 6.07) is 0. The van der Waals surface area contributed by atoms with E-state index in [1.54, 1.807) is 5.43 Å². The smallest absolute Gasteiger partial charge is 0.269 e. The summed E-state index contributed by atoms with van der Waals surface area (Å²) >= 11 is 0. The first-order valence-electron chi connectivity index (χ1n) is 3.43. The number of hydrogen-bond donors (Lipinski definition) is 3. The summed E-state index contributed by atoms with van der Waals surface area (Å²) in [5.41, 5.74) is 1.61. The number of aromatic nitrogens is 2. The lowest BCUT2D eigenvalue weighted by molar-refractivity contribution is 0.0950. The van der Waals surface area contributed by atoms with Crippen molar-refractivity contribution in [3.63, 3.8) is 0 Å². The Morgan fingerprint density at radius 1 is 1.64 bits per heavy atom. The Morgan fingerprint density at radius 3 is 2.64 bits per heavy atom. The molecule has 9 heteroatoms. The number of sulfonamides is 1. The van der Waals surface area contributed by atoms with E-state index in [4.69, 9.17) is 11.0 Å². The van der Waals surface area contributed by atoms with Crippen molar-refractivity contribution in [2.24, 2.45) is 18.0 Å². The van der Waals surface area contributed by atoms with Crippen molar-refractivity contribution in [2.75, 3.05) is 0 Å². The Hall–Kier alpha value is -1.45. The molecular formula is C5H9N5O3S. The molecule has 0 atom stereocenters. The lowest BCUT2D eigenvalue weighted by Crippen LogP contribution is -2.31. The fourth-order valence-corrected chi connectivity index (χ4v) is 1.61. The number of nitrogen functional groups attached to an aromatic ring is 1. The molecule has 0 saturated carbocycles. The molecule has 0 aliphatic heterocycles. The average molecular weight is 219 g/mol. The lowest BCUT2D eigenvalue weighted by atomic mass is 10.3. The predicted octanol–water partition coefficient (Wildman–Crippen LogP) is -2.33. The van der Waals surface area contributed by atoms with E-state index in [0.29, 0.717) is 0 Å². The van der Waals surface area contributed by atoms with Gasteiger partial charge in [0.05, 0.1) is 5.56 Å². The Balaban J connectivity index is 3.38. The van der Waals surface area contributed by atoms with Crippen LogP contribution < -0.4 is 16.4 Å². The van der Waals surface area contributed by atoms with Crippen molar-refractivity contribution >= 4 is 15.9 Å². The molecule has 78 valence electrons. The fraction of sp³-hybridized carbons (Fsp3) is 0.200. The predicted molar refractivity (Wildman–Crippen MR) is 46.2 cm³/mol. The minimum Gasteiger partial charge on any atom is -0.290 e. The number of rotatable bonds is 2. The maximum atomic E-state index is 11.1. The first-order valence-corrected chi connectivity index (χ1v) is 4.98. The summed E-state index contributed by atoms with van der Waals surface area (Å²) in [7, 11) is -2.56. The summed E-state index contributed by atoms with van der Waals surface area (Å²) in [4.78, 5) is 11.1.